The predicted octanol–water partition coefficient (Wildman–Crippen LogP) is 5.47. The number of benzene rings is 3. The highest BCUT2D eigenvalue weighted by atomic mass is 35.5. The van der Waals surface area contributed by atoms with Crippen LogP contribution in [-0.4, -0.2) is 12.1 Å². The molecule has 0 saturated carbocycles. The van der Waals surface area contributed by atoms with Gasteiger partial charge in [-0.3, -0.25) is 4.79 Å². The third-order valence-corrected chi connectivity index (χ3v) is 5.57. The molecule has 4 rings (SSSR count). The molecule has 0 atom stereocenters. The summed E-state index contributed by atoms with van der Waals surface area (Å²) in [6.07, 6.45) is 1.63. The highest BCUT2D eigenvalue weighted by molar-refractivity contribution is 7.21. The molecule has 122 valence electrons. The van der Waals surface area contributed by atoms with Gasteiger partial charge in [-0.05, 0) is 28.5 Å². The number of nitrogens with one attached hydrogen (secondary N) is 1. The minimum Gasteiger partial charge on any atom is -0.266 e. The molecule has 0 aliphatic rings. The molecule has 0 fully saturated rings. The molecule has 4 aromatic rings. The molecule has 0 radical (unpaired) electrons. The third-order valence-electron chi connectivity index (χ3n) is 3.89. The second-order valence-electron chi connectivity index (χ2n) is 5.55. The van der Waals surface area contributed by atoms with Gasteiger partial charge in [0.05, 0.1) is 11.2 Å². The molecule has 5 heteroatoms. The van der Waals surface area contributed by atoms with Gasteiger partial charge in [-0.15, -0.1) is 11.3 Å². The van der Waals surface area contributed by atoms with Crippen LogP contribution in [0.15, 0.2) is 71.8 Å². The van der Waals surface area contributed by atoms with Crippen molar-refractivity contribution in [2.24, 2.45) is 5.10 Å². The van der Waals surface area contributed by atoms with E-state index in [1.165, 1.54) is 16.7 Å². The molecule has 0 saturated heterocycles. The standard InChI is InChI=1S/C20H13ClN2OS/c21-18-16-7-3-4-8-17(16)25-19(18)20(24)23-22-12-13-9-10-14-5-1-2-6-15(14)11-13/h1-12H,(H,23,24)/b22-12-. The van der Waals surface area contributed by atoms with Crippen molar-refractivity contribution < 1.29 is 4.79 Å². The van der Waals surface area contributed by atoms with Crippen molar-refractivity contribution in [1.82, 2.24) is 5.43 Å². The Morgan fingerprint density at radius 2 is 1.76 bits per heavy atom. The first-order chi connectivity index (χ1) is 12.2. The number of carbonyl (C=O) groups is 1. The van der Waals surface area contributed by atoms with Gasteiger partial charge in [0.1, 0.15) is 4.88 Å². The molecule has 1 aromatic heterocycles. The topological polar surface area (TPSA) is 41.5 Å². The first-order valence-electron chi connectivity index (χ1n) is 7.71. The number of fused-ring (bicyclic) bond motifs is 2. The average molecular weight is 365 g/mol. The Kier molecular flexibility index (Phi) is 4.22. The van der Waals surface area contributed by atoms with Crippen LogP contribution in [-0.2, 0) is 0 Å². The van der Waals surface area contributed by atoms with E-state index in [2.05, 4.69) is 16.6 Å². The summed E-state index contributed by atoms with van der Waals surface area (Å²) in [4.78, 5) is 12.8. The van der Waals surface area contributed by atoms with Gasteiger partial charge < -0.3 is 0 Å². The fraction of sp³-hybridized carbons (Fsp3) is 0. The monoisotopic (exact) mass is 364 g/mol. The maximum absolute atomic E-state index is 12.3. The Morgan fingerprint density at radius 3 is 2.60 bits per heavy atom. The molecule has 1 N–H and O–H groups in total. The summed E-state index contributed by atoms with van der Waals surface area (Å²) < 4.78 is 0.983. The first-order valence-corrected chi connectivity index (χ1v) is 8.91. The van der Waals surface area contributed by atoms with E-state index in [4.69, 9.17) is 11.6 Å². The van der Waals surface area contributed by atoms with Crippen LogP contribution in [0.2, 0.25) is 5.02 Å². The van der Waals surface area contributed by atoms with Crippen LogP contribution in [0.5, 0.6) is 0 Å². The van der Waals surface area contributed by atoms with Gasteiger partial charge in [0.25, 0.3) is 5.91 Å². The second-order valence-corrected chi connectivity index (χ2v) is 6.98. The number of nitrogens with zero attached hydrogens (tertiary/aromatic N) is 1. The lowest BCUT2D eigenvalue weighted by molar-refractivity contribution is 0.0959. The van der Waals surface area contributed by atoms with E-state index in [0.717, 1.165) is 21.0 Å². The average Bonchev–Trinajstić information content (AvgIpc) is 2.99. The summed E-state index contributed by atoms with van der Waals surface area (Å²) >= 11 is 7.67. The molecule has 0 aliphatic carbocycles. The molecular formula is C20H13ClN2OS. The number of thiophene rings is 1. The zero-order valence-electron chi connectivity index (χ0n) is 13.1. The van der Waals surface area contributed by atoms with Crippen molar-refractivity contribution in [3.05, 3.63) is 82.2 Å². The van der Waals surface area contributed by atoms with Crippen molar-refractivity contribution in [1.29, 1.82) is 0 Å². The van der Waals surface area contributed by atoms with Gasteiger partial charge in [0.2, 0.25) is 0 Å². The summed E-state index contributed by atoms with van der Waals surface area (Å²) in [5.41, 5.74) is 3.47. The molecular weight excluding hydrogens is 352 g/mol. The normalized spacial score (nSPS) is 11.4. The maximum atomic E-state index is 12.3. The number of carbonyl (C=O) groups excluding carboxylic acids is 1. The summed E-state index contributed by atoms with van der Waals surface area (Å²) in [6.45, 7) is 0. The van der Waals surface area contributed by atoms with Gasteiger partial charge in [0.15, 0.2) is 0 Å². The SMILES string of the molecule is O=C(N/N=C\c1ccc2ccccc2c1)c1sc2ccccc2c1Cl. The summed E-state index contributed by atoms with van der Waals surface area (Å²) in [7, 11) is 0. The van der Waals surface area contributed by atoms with Gasteiger partial charge in [-0.1, -0.05) is 66.2 Å². The maximum Gasteiger partial charge on any atom is 0.283 e. The van der Waals surface area contributed by atoms with Crippen LogP contribution < -0.4 is 5.43 Å². The zero-order valence-corrected chi connectivity index (χ0v) is 14.6. The highest BCUT2D eigenvalue weighted by Gasteiger charge is 2.16. The van der Waals surface area contributed by atoms with Crippen LogP contribution in [0.3, 0.4) is 0 Å². The number of rotatable bonds is 3. The Hall–Kier alpha value is -2.69. The smallest absolute Gasteiger partial charge is 0.266 e. The Morgan fingerprint density at radius 1 is 1.00 bits per heavy atom. The number of hydrazone groups is 1. The fourth-order valence-corrected chi connectivity index (χ4v) is 4.07. The quantitative estimate of drug-likeness (QED) is 0.380. The summed E-state index contributed by atoms with van der Waals surface area (Å²) in [6, 6.07) is 21.8. The van der Waals surface area contributed by atoms with E-state index < -0.39 is 0 Å². The molecule has 0 aliphatic heterocycles. The fourth-order valence-electron chi connectivity index (χ4n) is 2.66. The number of hydrogen-bond acceptors (Lipinski definition) is 3. The zero-order chi connectivity index (χ0) is 17.2. The Labute approximate surface area is 153 Å². The molecule has 3 aromatic carbocycles. The molecule has 1 heterocycles. The van der Waals surface area contributed by atoms with E-state index in [9.17, 15) is 4.79 Å². The van der Waals surface area contributed by atoms with Gasteiger partial charge in [-0.2, -0.15) is 5.10 Å². The van der Waals surface area contributed by atoms with Crippen LogP contribution in [0, 0.1) is 0 Å². The Bertz CT molecular complexity index is 1120. The minimum atomic E-state index is -0.303. The van der Waals surface area contributed by atoms with Crippen molar-refractivity contribution >= 4 is 55.9 Å². The van der Waals surface area contributed by atoms with E-state index in [1.54, 1.807) is 6.21 Å². The summed E-state index contributed by atoms with van der Waals surface area (Å²) in [5, 5.41) is 7.71. The largest absolute Gasteiger partial charge is 0.283 e. The van der Waals surface area contributed by atoms with Gasteiger partial charge >= 0.3 is 0 Å². The first kappa shape index (κ1) is 15.8. The van der Waals surface area contributed by atoms with Crippen molar-refractivity contribution in [3.8, 4) is 0 Å². The molecule has 0 unspecified atom stereocenters. The van der Waals surface area contributed by atoms with Crippen LogP contribution in [0.25, 0.3) is 20.9 Å². The lowest BCUT2D eigenvalue weighted by atomic mass is 10.1. The van der Waals surface area contributed by atoms with Gasteiger partial charge in [-0.25, -0.2) is 5.43 Å². The summed E-state index contributed by atoms with van der Waals surface area (Å²) in [5.74, 6) is -0.303. The van der Waals surface area contributed by atoms with E-state index in [1.807, 2.05) is 60.7 Å². The molecule has 0 bridgehead atoms. The van der Waals surface area contributed by atoms with Crippen molar-refractivity contribution in [3.63, 3.8) is 0 Å². The van der Waals surface area contributed by atoms with Crippen molar-refractivity contribution in [2.75, 3.05) is 0 Å². The Balaban J connectivity index is 1.53. The number of amides is 1. The van der Waals surface area contributed by atoms with E-state index >= 15 is 0 Å². The predicted molar refractivity (Wildman–Crippen MR) is 106 cm³/mol. The lowest BCUT2D eigenvalue weighted by Gasteiger charge is -2.00. The van der Waals surface area contributed by atoms with Crippen LogP contribution in [0.1, 0.15) is 15.2 Å². The molecule has 1 amide bonds. The second kappa shape index (κ2) is 6.67. The number of hydrogen-bond donors (Lipinski definition) is 1. The highest BCUT2D eigenvalue weighted by Crippen LogP contribution is 2.34. The number of halogens is 1. The van der Waals surface area contributed by atoms with E-state index in [0.29, 0.717) is 9.90 Å². The molecule has 3 nitrogen and oxygen atoms in total. The van der Waals surface area contributed by atoms with Gasteiger partial charge in [0, 0.05) is 10.1 Å². The van der Waals surface area contributed by atoms with Crippen molar-refractivity contribution in [2.45, 2.75) is 0 Å². The van der Waals surface area contributed by atoms with Crippen LogP contribution in [0.4, 0.5) is 0 Å². The van der Waals surface area contributed by atoms with E-state index in [-0.39, 0.29) is 5.91 Å². The lowest BCUT2D eigenvalue weighted by Crippen LogP contribution is -2.16. The molecule has 25 heavy (non-hydrogen) atoms. The van der Waals surface area contributed by atoms with Crippen LogP contribution >= 0.6 is 22.9 Å². The molecule has 0 spiro atoms. The third kappa shape index (κ3) is 3.14. The minimum absolute atomic E-state index is 0.303.